The summed E-state index contributed by atoms with van der Waals surface area (Å²) in [6.45, 7) is 5.45. The summed E-state index contributed by atoms with van der Waals surface area (Å²) in [5.74, 6) is -0.447. The van der Waals surface area contributed by atoms with Gasteiger partial charge in [-0.3, -0.25) is 9.69 Å². The van der Waals surface area contributed by atoms with Gasteiger partial charge in [-0.05, 0) is 53.6 Å². The SMILES string of the molecule is CN(CCN1CCOCC1)c1nc2ccc(NC(=O)c3ccc(-c4ccc(F)cc4)cc3)cc2s1. The fourth-order valence-electron chi connectivity index (χ4n) is 4.02. The molecule has 6 nitrogen and oxygen atoms in total. The summed E-state index contributed by atoms with van der Waals surface area (Å²) in [4.78, 5) is 22.2. The van der Waals surface area contributed by atoms with E-state index in [9.17, 15) is 9.18 Å². The number of anilines is 2. The van der Waals surface area contributed by atoms with Gasteiger partial charge in [0.25, 0.3) is 5.91 Å². The van der Waals surface area contributed by atoms with Gasteiger partial charge in [0.1, 0.15) is 5.82 Å². The number of thiazole rings is 1. The van der Waals surface area contributed by atoms with Gasteiger partial charge in [0.2, 0.25) is 0 Å². The lowest BCUT2D eigenvalue weighted by molar-refractivity contribution is 0.0393. The van der Waals surface area contributed by atoms with Crippen molar-refractivity contribution < 1.29 is 13.9 Å². The summed E-state index contributed by atoms with van der Waals surface area (Å²) in [5, 5.41) is 3.95. The molecule has 8 heteroatoms. The van der Waals surface area contributed by atoms with E-state index in [-0.39, 0.29) is 11.7 Å². The molecule has 0 spiro atoms. The number of aromatic nitrogens is 1. The normalized spacial score (nSPS) is 14.2. The number of halogens is 1. The lowest BCUT2D eigenvalue weighted by atomic mass is 10.0. The molecule has 35 heavy (non-hydrogen) atoms. The zero-order valence-electron chi connectivity index (χ0n) is 19.5. The van der Waals surface area contributed by atoms with Crippen molar-refractivity contribution in [3.8, 4) is 11.1 Å². The van der Waals surface area contributed by atoms with Gasteiger partial charge < -0.3 is 15.0 Å². The summed E-state index contributed by atoms with van der Waals surface area (Å²) in [7, 11) is 2.07. The number of likely N-dealkylation sites (N-methyl/N-ethyl adjacent to an activating group) is 1. The predicted octanol–water partition coefficient (Wildman–Crippen LogP) is 5.12. The molecule has 0 aliphatic carbocycles. The van der Waals surface area contributed by atoms with E-state index in [1.807, 2.05) is 30.3 Å². The average molecular weight is 491 g/mol. The predicted molar refractivity (Wildman–Crippen MR) is 140 cm³/mol. The van der Waals surface area contributed by atoms with Crippen LogP contribution >= 0.6 is 11.3 Å². The highest BCUT2D eigenvalue weighted by Crippen LogP contribution is 2.30. The molecule has 0 bridgehead atoms. The maximum atomic E-state index is 13.2. The minimum Gasteiger partial charge on any atom is -0.379 e. The number of fused-ring (bicyclic) bond motifs is 1. The van der Waals surface area contributed by atoms with Crippen LogP contribution in [0.1, 0.15) is 10.4 Å². The molecule has 1 N–H and O–H groups in total. The third-order valence-corrected chi connectivity index (χ3v) is 7.27. The third kappa shape index (κ3) is 5.67. The Kier molecular flexibility index (Phi) is 7.03. The van der Waals surface area contributed by atoms with Crippen molar-refractivity contribution >= 4 is 38.3 Å². The largest absolute Gasteiger partial charge is 0.379 e. The fourth-order valence-corrected chi connectivity index (χ4v) is 5.02. The highest BCUT2D eigenvalue weighted by atomic mass is 32.1. The second kappa shape index (κ2) is 10.5. The van der Waals surface area contributed by atoms with Crippen LogP contribution in [-0.2, 0) is 4.74 Å². The molecule has 5 rings (SSSR count). The Morgan fingerprint density at radius 1 is 1.06 bits per heavy atom. The van der Waals surface area contributed by atoms with E-state index in [0.29, 0.717) is 5.56 Å². The summed E-state index contributed by atoms with van der Waals surface area (Å²) in [5.41, 5.74) is 4.04. The van der Waals surface area contributed by atoms with Crippen LogP contribution in [0.4, 0.5) is 15.2 Å². The summed E-state index contributed by atoms with van der Waals surface area (Å²) in [6.07, 6.45) is 0. The quantitative estimate of drug-likeness (QED) is 0.390. The smallest absolute Gasteiger partial charge is 0.255 e. The molecule has 0 saturated carbocycles. The molecular formula is C27H27FN4O2S. The van der Waals surface area contributed by atoms with Crippen LogP contribution in [-0.4, -0.2) is 62.2 Å². The molecule has 4 aromatic rings. The monoisotopic (exact) mass is 490 g/mol. The van der Waals surface area contributed by atoms with Crippen molar-refractivity contribution in [2.24, 2.45) is 0 Å². The maximum absolute atomic E-state index is 13.2. The highest BCUT2D eigenvalue weighted by Gasteiger charge is 2.14. The van der Waals surface area contributed by atoms with E-state index >= 15 is 0 Å². The summed E-state index contributed by atoms with van der Waals surface area (Å²) in [6, 6.07) is 19.4. The number of nitrogens with zero attached hydrogens (tertiary/aromatic N) is 3. The van der Waals surface area contributed by atoms with E-state index in [2.05, 4.69) is 22.2 Å². The second-order valence-electron chi connectivity index (χ2n) is 8.59. The number of carbonyl (C=O) groups is 1. The number of ether oxygens (including phenoxy) is 1. The summed E-state index contributed by atoms with van der Waals surface area (Å²) >= 11 is 1.62. The Labute approximate surface area is 208 Å². The Hall–Kier alpha value is -3.33. The van der Waals surface area contributed by atoms with Gasteiger partial charge in [-0.1, -0.05) is 35.6 Å². The average Bonchev–Trinajstić information content (AvgIpc) is 3.32. The van der Waals surface area contributed by atoms with Crippen LogP contribution in [0.5, 0.6) is 0 Å². The minimum atomic E-state index is -0.269. The zero-order chi connectivity index (χ0) is 24.2. The number of morpholine rings is 1. The van der Waals surface area contributed by atoms with Gasteiger partial charge in [-0.2, -0.15) is 0 Å². The highest BCUT2D eigenvalue weighted by molar-refractivity contribution is 7.22. The number of hydrogen-bond donors (Lipinski definition) is 1. The molecule has 1 saturated heterocycles. The molecule has 1 aliphatic heterocycles. The van der Waals surface area contributed by atoms with E-state index in [1.165, 1.54) is 12.1 Å². The topological polar surface area (TPSA) is 57.7 Å². The van der Waals surface area contributed by atoms with Crippen LogP contribution in [0.2, 0.25) is 0 Å². The van der Waals surface area contributed by atoms with Crippen molar-refractivity contribution in [3.63, 3.8) is 0 Å². The van der Waals surface area contributed by atoms with Crippen molar-refractivity contribution in [3.05, 3.63) is 78.1 Å². The standard InChI is InChI=1S/C27H27FN4O2S/c1-31(12-13-32-14-16-34-17-15-32)27-30-24-11-10-23(18-25(24)35-27)29-26(33)21-4-2-19(3-5-21)20-6-8-22(28)9-7-20/h2-11,18H,12-17H2,1H3,(H,29,33). The minimum absolute atomic E-state index is 0.178. The molecule has 2 heterocycles. The van der Waals surface area contributed by atoms with Gasteiger partial charge in [-0.15, -0.1) is 0 Å². The molecule has 0 unspecified atom stereocenters. The molecule has 180 valence electrons. The Morgan fingerprint density at radius 3 is 2.46 bits per heavy atom. The molecule has 1 amide bonds. The van der Waals surface area contributed by atoms with E-state index in [1.54, 1.807) is 35.6 Å². The van der Waals surface area contributed by atoms with Crippen molar-refractivity contribution in [1.29, 1.82) is 0 Å². The van der Waals surface area contributed by atoms with Gasteiger partial charge >= 0.3 is 0 Å². The van der Waals surface area contributed by atoms with Crippen LogP contribution < -0.4 is 10.2 Å². The first-order valence-electron chi connectivity index (χ1n) is 11.6. The number of benzene rings is 3. The molecule has 0 atom stereocenters. The second-order valence-corrected chi connectivity index (χ2v) is 9.60. The fraction of sp³-hybridized carbons (Fsp3) is 0.259. The van der Waals surface area contributed by atoms with Crippen molar-refractivity contribution in [2.45, 2.75) is 0 Å². The zero-order valence-corrected chi connectivity index (χ0v) is 20.4. The maximum Gasteiger partial charge on any atom is 0.255 e. The number of rotatable bonds is 7. The van der Waals surface area contributed by atoms with Crippen LogP contribution in [0.3, 0.4) is 0 Å². The third-order valence-electron chi connectivity index (χ3n) is 6.14. The molecule has 1 fully saturated rings. The van der Waals surface area contributed by atoms with Gasteiger partial charge in [0, 0.05) is 44.5 Å². The Balaban J connectivity index is 1.22. The van der Waals surface area contributed by atoms with E-state index in [0.717, 1.165) is 71.6 Å². The lowest BCUT2D eigenvalue weighted by Gasteiger charge is -2.28. The molecule has 3 aromatic carbocycles. The Bertz CT molecular complexity index is 1300. The van der Waals surface area contributed by atoms with E-state index < -0.39 is 0 Å². The lowest BCUT2D eigenvalue weighted by Crippen LogP contribution is -2.40. The summed E-state index contributed by atoms with van der Waals surface area (Å²) < 4.78 is 19.6. The van der Waals surface area contributed by atoms with Gasteiger partial charge in [0.05, 0.1) is 23.4 Å². The number of hydrogen-bond acceptors (Lipinski definition) is 6. The number of carbonyl (C=O) groups excluding carboxylic acids is 1. The van der Waals surface area contributed by atoms with Crippen LogP contribution in [0, 0.1) is 5.82 Å². The van der Waals surface area contributed by atoms with Crippen LogP contribution in [0.25, 0.3) is 21.3 Å². The first-order chi connectivity index (χ1) is 17.0. The molecule has 0 radical (unpaired) electrons. The number of nitrogens with one attached hydrogen (secondary N) is 1. The number of amides is 1. The molecule has 1 aromatic heterocycles. The molecular weight excluding hydrogens is 463 g/mol. The first-order valence-corrected chi connectivity index (χ1v) is 12.5. The van der Waals surface area contributed by atoms with Crippen molar-refractivity contribution in [2.75, 3.05) is 56.7 Å². The van der Waals surface area contributed by atoms with Gasteiger partial charge in [0.15, 0.2) is 5.13 Å². The van der Waals surface area contributed by atoms with Crippen molar-refractivity contribution in [1.82, 2.24) is 9.88 Å². The van der Waals surface area contributed by atoms with Crippen LogP contribution in [0.15, 0.2) is 66.7 Å². The first kappa shape index (κ1) is 23.4. The molecule has 1 aliphatic rings. The van der Waals surface area contributed by atoms with Gasteiger partial charge in [-0.25, -0.2) is 9.37 Å². The van der Waals surface area contributed by atoms with E-state index in [4.69, 9.17) is 9.72 Å². The Morgan fingerprint density at radius 2 is 1.74 bits per heavy atom.